The maximum absolute atomic E-state index is 2.34. The van der Waals surface area contributed by atoms with Gasteiger partial charge >= 0.3 is 0 Å². The zero-order valence-corrected chi connectivity index (χ0v) is 23.8. The Morgan fingerprint density at radius 3 is 1.83 bits per heavy atom. The zero-order valence-electron chi connectivity index (χ0n) is 22.9. The van der Waals surface area contributed by atoms with E-state index in [4.69, 9.17) is 0 Å². The maximum atomic E-state index is 2.34. The van der Waals surface area contributed by atoms with Crippen LogP contribution in [0.2, 0.25) is 0 Å². The van der Waals surface area contributed by atoms with E-state index in [1.165, 1.54) is 53.2 Å². The van der Waals surface area contributed by atoms with Gasteiger partial charge in [0.1, 0.15) is 0 Å². The molecule has 1 aromatic heterocycles. The summed E-state index contributed by atoms with van der Waals surface area (Å²) in [6.45, 7) is 0. The van der Waals surface area contributed by atoms with Crippen molar-refractivity contribution in [1.82, 2.24) is 0 Å². The Kier molecular flexibility index (Phi) is 6.05. The largest absolute Gasteiger partial charge is 0.310 e. The molecule has 0 unspecified atom stereocenters. The minimum atomic E-state index is 1.13. The molecule has 0 saturated carbocycles. The predicted molar refractivity (Wildman–Crippen MR) is 182 cm³/mol. The van der Waals surface area contributed by atoms with Gasteiger partial charge in [0.05, 0.1) is 0 Å². The SMILES string of the molecule is c1ccc(N(c2ccc(-c3ccc4c(c3)sc3ccccc34)cc2)c2cccc(-c3ccc4ccccc4c3)c2)cc1. The molecule has 1 nitrogen and oxygen atoms in total. The second-order valence-corrected chi connectivity index (χ2v) is 11.7. The van der Waals surface area contributed by atoms with Crippen molar-refractivity contribution in [2.75, 3.05) is 4.90 Å². The Morgan fingerprint density at radius 1 is 0.333 bits per heavy atom. The van der Waals surface area contributed by atoms with Crippen LogP contribution in [-0.4, -0.2) is 0 Å². The van der Waals surface area contributed by atoms with Gasteiger partial charge in [-0.1, -0.05) is 109 Å². The summed E-state index contributed by atoms with van der Waals surface area (Å²) in [6, 6.07) is 59.2. The number of benzene rings is 7. The molecule has 0 saturated heterocycles. The fourth-order valence-corrected chi connectivity index (χ4v) is 7.07. The zero-order chi connectivity index (χ0) is 27.9. The average molecular weight is 554 g/mol. The van der Waals surface area contributed by atoms with Crippen LogP contribution in [0.3, 0.4) is 0 Å². The smallest absolute Gasteiger partial charge is 0.0467 e. The van der Waals surface area contributed by atoms with E-state index in [0.717, 1.165) is 17.1 Å². The summed E-state index contributed by atoms with van der Waals surface area (Å²) in [5, 5.41) is 5.18. The summed E-state index contributed by atoms with van der Waals surface area (Å²) >= 11 is 1.86. The Balaban J connectivity index is 1.18. The van der Waals surface area contributed by atoms with Gasteiger partial charge in [0.25, 0.3) is 0 Å². The van der Waals surface area contributed by atoms with Crippen molar-refractivity contribution in [1.29, 1.82) is 0 Å². The van der Waals surface area contributed by atoms with Gasteiger partial charge in [-0.2, -0.15) is 0 Å². The van der Waals surface area contributed by atoms with Gasteiger partial charge in [-0.05, 0) is 87.6 Å². The van der Waals surface area contributed by atoms with Crippen molar-refractivity contribution in [3.8, 4) is 22.3 Å². The number of fused-ring (bicyclic) bond motifs is 4. The highest BCUT2D eigenvalue weighted by atomic mass is 32.1. The molecular formula is C40H27NS. The number of para-hydroxylation sites is 1. The van der Waals surface area contributed by atoms with Crippen LogP contribution >= 0.6 is 11.3 Å². The molecule has 8 rings (SSSR count). The van der Waals surface area contributed by atoms with Crippen molar-refractivity contribution >= 4 is 59.3 Å². The van der Waals surface area contributed by atoms with Crippen molar-refractivity contribution in [2.45, 2.75) is 0 Å². The molecule has 198 valence electrons. The lowest BCUT2D eigenvalue weighted by Crippen LogP contribution is -2.09. The predicted octanol–water partition coefficient (Wildman–Crippen LogP) is 12.0. The lowest BCUT2D eigenvalue weighted by molar-refractivity contribution is 1.28. The molecule has 0 N–H and O–H groups in total. The van der Waals surface area contributed by atoms with E-state index in [1.54, 1.807) is 0 Å². The van der Waals surface area contributed by atoms with Crippen LogP contribution in [0.5, 0.6) is 0 Å². The van der Waals surface area contributed by atoms with Crippen molar-refractivity contribution in [3.63, 3.8) is 0 Å². The van der Waals surface area contributed by atoms with Gasteiger partial charge in [0.15, 0.2) is 0 Å². The highest BCUT2D eigenvalue weighted by molar-refractivity contribution is 7.25. The Labute approximate surface area is 249 Å². The van der Waals surface area contributed by atoms with E-state index in [1.807, 2.05) is 11.3 Å². The van der Waals surface area contributed by atoms with Crippen molar-refractivity contribution in [2.24, 2.45) is 0 Å². The van der Waals surface area contributed by atoms with E-state index >= 15 is 0 Å². The standard InChI is InChI=1S/C40H27NS/c1-2-12-34(13-3-1)41(36-14-8-11-31(26-36)32-18-17-28-9-4-5-10-30(28)25-32)35-22-19-29(20-23-35)33-21-24-38-37-15-6-7-16-39(37)42-40(38)27-33/h1-27H. The minimum absolute atomic E-state index is 1.13. The molecule has 0 bridgehead atoms. The molecule has 42 heavy (non-hydrogen) atoms. The van der Waals surface area contributed by atoms with Crippen LogP contribution in [0, 0.1) is 0 Å². The van der Waals surface area contributed by atoms with Crippen molar-refractivity contribution in [3.05, 3.63) is 164 Å². The third-order valence-electron chi connectivity index (χ3n) is 8.04. The Bertz CT molecular complexity index is 2190. The van der Waals surface area contributed by atoms with E-state index in [0.29, 0.717) is 0 Å². The molecule has 0 aliphatic carbocycles. The van der Waals surface area contributed by atoms with Crippen LogP contribution in [0.15, 0.2) is 164 Å². The molecule has 8 aromatic rings. The van der Waals surface area contributed by atoms with Crippen LogP contribution in [0.25, 0.3) is 53.2 Å². The third kappa shape index (κ3) is 4.43. The highest BCUT2D eigenvalue weighted by Crippen LogP contribution is 2.39. The molecular weight excluding hydrogens is 527 g/mol. The van der Waals surface area contributed by atoms with Gasteiger partial charge in [-0.15, -0.1) is 11.3 Å². The summed E-state index contributed by atoms with van der Waals surface area (Å²) < 4.78 is 2.67. The first kappa shape index (κ1) is 24.6. The third-order valence-corrected chi connectivity index (χ3v) is 9.17. The summed E-state index contributed by atoms with van der Waals surface area (Å²) in [7, 11) is 0. The Hall–Kier alpha value is -5.18. The topological polar surface area (TPSA) is 3.24 Å². The molecule has 0 atom stereocenters. The molecule has 0 amide bonds. The molecule has 2 heteroatoms. The van der Waals surface area contributed by atoms with Gasteiger partial charge in [0, 0.05) is 37.2 Å². The molecule has 0 spiro atoms. The summed E-state index contributed by atoms with van der Waals surface area (Å²) in [5.74, 6) is 0. The number of hydrogen-bond acceptors (Lipinski definition) is 2. The first-order chi connectivity index (χ1) is 20.8. The molecule has 7 aromatic carbocycles. The second-order valence-electron chi connectivity index (χ2n) is 10.6. The summed E-state index contributed by atoms with van der Waals surface area (Å²) in [6.07, 6.45) is 0. The first-order valence-electron chi connectivity index (χ1n) is 14.3. The number of anilines is 3. The number of hydrogen-bond donors (Lipinski definition) is 0. The van der Waals surface area contributed by atoms with Gasteiger partial charge in [-0.25, -0.2) is 0 Å². The van der Waals surface area contributed by atoms with E-state index in [2.05, 4.69) is 169 Å². The molecule has 0 fully saturated rings. The monoisotopic (exact) mass is 553 g/mol. The minimum Gasteiger partial charge on any atom is -0.310 e. The molecule has 0 radical (unpaired) electrons. The van der Waals surface area contributed by atoms with Crippen LogP contribution in [0.1, 0.15) is 0 Å². The van der Waals surface area contributed by atoms with Gasteiger partial charge < -0.3 is 4.90 Å². The van der Waals surface area contributed by atoms with E-state index < -0.39 is 0 Å². The summed E-state index contributed by atoms with van der Waals surface area (Å²) in [5.41, 5.74) is 8.27. The lowest BCUT2D eigenvalue weighted by atomic mass is 10.00. The summed E-state index contributed by atoms with van der Waals surface area (Å²) in [4.78, 5) is 2.34. The van der Waals surface area contributed by atoms with Gasteiger partial charge in [-0.3, -0.25) is 0 Å². The average Bonchev–Trinajstić information content (AvgIpc) is 3.44. The first-order valence-corrected chi connectivity index (χ1v) is 15.1. The quantitative estimate of drug-likeness (QED) is 0.205. The van der Waals surface area contributed by atoms with Crippen LogP contribution in [-0.2, 0) is 0 Å². The number of nitrogens with zero attached hydrogens (tertiary/aromatic N) is 1. The number of rotatable bonds is 5. The fraction of sp³-hybridized carbons (Fsp3) is 0. The van der Waals surface area contributed by atoms with Crippen molar-refractivity contribution < 1.29 is 0 Å². The fourth-order valence-electron chi connectivity index (χ4n) is 5.93. The Morgan fingerprint density at radius 2 is 0.952 bits per heavy atom. The van der Waals surface area contributed by atoms with E-state index in [-0.39, 0.29) is 0 Å². The molecule has 0 aliphatic rings. The van der Waals surface area contributed by atoms with Crippen LogP contribution in [0.4, 0.5) is 17.1 Å². The highest BCUT2D eigenvalue weighted by Gasteiger charge is 2.14. The maximum Gasteiger partial charge on any atom is 0.0467 e. The molecule has 1 heterocycles. The molecule has 0 aliphatic heterocycles. The van der Waals surface area contributed by atoms with Gasteiger partial charge in [0.2, 0.25) is 0 Å². The van der Waals surface area contributed by atoms with Crippen LogP contribution < -0.4 is 4.90 Å². The number of thiophene rings is 1. The lowest BCUT2D eigenvalue weighted by Gasteiger charge is -2.26. The second kappa shape index (κ2) is 10.3. The normalized spacial score (nSPS) is 11.3. The van der Waals surface area contributed by atoms with E-state index in [9.17, 15) is 0 Å².